The van der Waals surface area contributed by atoms with Crippen molar-refractivity contribution in [3.8, 4) is 5.75 Å². The summed E-state index contributed by atoms with van der Waals surface area (Å²) in [5, 5.41) is 12.2. The summed E-state index contributed by atoms with van der Waals surface area (Å²) >= 11 is 1.41. The first-order valence-electron chi connectivity index (χ1n) is 8.90. The summed E-state index contributed by atoms with van der Waals surface area (Å²) < 4.78 is 5.48. The quantitative estimate of drug-likeness (QED) is 0.604. The first kappa shape index (κ1) is 20.0. The zero-order chi connectivity index (χ0) is 18.8. The van der Waals surface area contributed by atoms with Crippen molar-refractivity contribution >= 4 is 28.2 Å². The summed E-state index contributed by atoms with van der Waals surface area (Å²) in [6.07, 6.45) is 5.57. The number of carbonyl (C=O) groups is 2. The summed E-state index contributed by atoms with van der Waals surface area (Å²) in [5.74, 6) is 0.526. The summed E-state index contributed by atoms with van der Waals surface area (Å²) in [4.78, 5) is 23.0. The predicted octanol–water partition coefficient (Wildman–Crippen LogP) is 3.81. The van der Waals surface area contributed by atoms with Gasteiger partial charge >= 0.3 is 0 Å². The molecule has 1 N–H and O–H groups in total. The third-order valence-corrected chi connectivity index (χ3v) is 4.66. The summed E-state index contributed by atoms with van der Waals surface area (Å²) in [5.41, 5.74) is 1.07. The molecule has 0 saturated carbocycles. The molecule has 0 spiro atoms. The molecule has 0 aliphatic carbocycles. The van der Waals surface area contributed by atoms with E-state index in [1.807, 2.05) is 12.1 Å². The molecule has 140 valence electrons. The Morgan fingerprint density at radius 1 is 1.12 bits per heavy atom. The van der Waals surface area contributed by atoms with Gasteiger partial charge in [0.15, 0.2) is 6.61 Å². The lowest BCUT2D eigenvalue weighted by atomic mass is 10.1. The number of aromatic nitrogens is 2. The van der Waals surface area contributed by atoms with E-state index in [0.717, 1.165) is 29.8 Å². The van der Waals surface area contributed by atoms with Gasteiger partial charge in [-0.1, -0.05) is 43.2 Å². The topological polar surface area (TPSA) is 81.2 Å². The van der Waals surface area contributed by atoms with Crippen LogP contribution in [0.3, 0.4) is 0 Å². The highest BCUT2D eigenvalue weighted by Crippen LogP contribution is 2.18. The minimum absolute atomic E-state index is 0.0858. The van der Waals surface area contributed by atoms with E-state index in [1.165, 1.54) is 17.8 Å². The molecular weight excluding hydrogens is 350 g/mol. The molecule has 1 heterocycles. The van der Waals surface area contributed by atoms with E-state index in [-0.39, 0.29) is 18.3 Å². The van der Waals surface area contributed by atoms with Crippen LogP contribution >= 0.6 is 11.3 Å². The van der Waals surface area contributed by atoms with E-state index in [2.05, 4.69) is 22.4 Å². The van der Waals surface area contributed by atoms with Gasteiger partial charge in [0.25, 0.3) is 5.91 Å². The van der Waals surface area contributed by atoms with E-state index >= 15 is 0 Å². The zero-order valence-electron chi connectivity index (χ0n) is 15.3. The van der Waals surface area contributed by atoms with Gasteiger partial charge in [0, 0.05) is 12.8 Å². The van der Waals surface area contributed by atoms with Crippen LogP contribution in [0.1, 0.15) is 50.1 Å². The van der Waals surface area contributed by atoms with Crippen molar-refractivity contribution in [3.63, 3.8) is 0 Å². The van der Waals surface area contributed by atoms with Crippen LogP contribution in [0.5, 0.6) is 5.75 Å². The molecule has 0 saturated heterocycles. The Labute approximate surface area is 158 Å². The van der Waals surface area contributed by atoms with E-state index < -0.39 is 0 Å². The summed E-state index contributed by atoms with van der Waals surface area (Å²) in [7, 11) is 0. The highest BCUT2D eigenvalue weighted by molar-refractivity contribution is 7.15. The van der Waals surface area contributed by atoms with Crippen LogP contribution in [-0.4, -0.2) is 28.5 Å². The Morgan fingerprint density at radius 2 is 1.88 bits per heavy atom. The number of amides is 1. The average molecular weight is 375 g/mol. The van der Waals surface area contributed by atoms with Gasteiger partial charge in [-0.05, 0) is 37.5 Å². The van der Waals surface area contributed by atoms with Crippen molar-refractivity contribution in [3.05, 3.63) is 34.8 Å². The van der Waals surface area contributed by atoms with Gasteiger partial charge in [-0.3, -0.25) is 10.1 Å². The lowest BCUT2D eigenvalue weighted by molar-refractivity contribution is -0.118. The number of ketones is 1. The van der Waals surface area contributed by atoms with Crippen LogP contribution in [0.25, 0.3) is 0 Å². The number of hydrogen-bond acceptors (Lipinski definition) is 6. The minimum Gasteiger partial charge on any atom is -0.484 e. The average Bonchev–Trinajstić information content (AvgIpc) is 3.06. The fraction of sp³-hybridized carbons (Fsp3) is 0.474. The fourth-order valence-electron chi connectivity index (χ4n) is 2.31. The van der Waals surface area contributed by atoms with Crippen LogP contribution in [-0.2, 0) is 22.4 Å². The van der Waals surface area contributed by atoms with E-state index in [4.69, 9.17) is 4.74 Å². The molecule has 0 aliphatic heterocycles. The molecular formula is C19H25N3O3S. The number of benzene rings is 1. The van der Waals surface area contributed by atoms with E-state index in [1.54, 1.807) is 19.1 Å². The van der Waals surface area contributed by atoms with Gasteiger partial charge < -0.3 is 9.53 Å². The number of anilines is 1. The number of Topliss-reactive ketones (excluding diaryl/α,β-unsaturated/α-hetero) is 1. The number of nitrogens with one attached hydrogen (secondary N) is 1. The highest BCUT2D eigenvalue weighted by Gasteiger charge is 2.09. The smallest absolute Gasteiger partial charge is 0.264 e. The van der Waals surface area contributed by atoms with Gasteiger partial charge in [-0.15, -0.1) is 10.2 Å². The Morgan fingerprint density at radius 3 is 2.58 bits per heavy atom. The van der Waals surface area contributed by atoms with Crippen LogP contribution in [0.15, 0.2) is 24.3 Å². The maximum Gasteiger partial charge on any atom is 0.264 e. The molecule has 2 aromatic rings. The van der Waals surface area contributed by atoms with Crippen LogP contribution in [0, 0.1) is 0 Å². The molecule has 0 unspecified atom stereocenters. The van der Waals surface area contributed by atoms with Crippen LogP contribution in [0.4, 0.5) is 5.13 Å². The predicted molar refractivity (Wildman–Crippen MR) is 103 cm³/mol. The molecule has 0 fully saturated rings. The molecule has 1 amide bonds. The van der Waals surface area contributed by atoms with Crippen molar-refractivity contribution in [2.45, 2.75) is 52.4 Å². The van der Waals surface area contributed by atoms with Crippen molar-refractivity contribution < 1.29 is 14.3 Å². The third-order valence-electron chi connectivity index (χ3n) is 3.77. The third kappa shape index (κ3) is 7.31. The monoisotopic (exact) mass is 375 g/mol. The summed E-state index contributed by atoms with van der Waals surface area (Å²) in [6, 6.07) is 7.42. The first-order valence-corrected chi connectivity index (χ1v) is 9.72. The molecule has 26 heavy (non-hydrogen) atoms. The normalized spacial score (nSPS) is 10.5. The minimum atomic E-state index is -0.262. The molecule has 1 aromatic heterocycles. The number of aryl methyl sites for hydroxylation is 2. The maximum absolute atomic E-state index is 12.0. The standard InChI is InChI=1S/C19H25N3O3S/c1-3-4-5-6-18-21-22-19(26-18)20-17(24)13-25-16-11-9-15(10-12-16)8-7-14(2)23/h9-12H,3-8,13H2,1-2H3,(H,20,22,24). The number of hydrogen-bond donors (Lipinski definition) is 1. The number of nitrogens with zero attached hydrogens (tertiary/aromatic N) is 2. The second-order valence-corrected chi connectivity index (χ2v) is 7.20. The molecule has 2 rings (SSSR count). The van der Waals surface area contributed by atoms with Gasteiger partial charge in [0.2, 0.25) is 5.13 Å². The molecule has 6 nitrogen and oxygen atoms in total. The Hall–Kier alpha value is -2.28. The molecule has 1 aromatic carbocycles. The SMILES string of the molecule is CCCCCc1nnc(NC(=O)COc2ccc(CCC(C)=O)cc2)s1. The first-order chi connectivity index (χ1) is 12.6. The molecule has 7 heteroatoms. The largest absolute Gasteiger partial charge is 0.484 e. The maximum atomic E-state index is 12.0. The Balaban J connectivity index is 1.73. The number of carbonyl (C=O) groups excluding carboxylic acids is 2. The Bertz CT molecular complexity index is 713. The number of rotatable bonds is 11. The zero-order valence-corrected chi connectivity index (χ0v) is 16.1. The van der Waals surface area contributed by atoms with Gasteiger partial charge in [-0.25, -0.2) is 0 Å². The summed E-state index contributed by atoms with van der Waals surface area (Å²) in [6.45, 7) is 3.66. The lowest BCUT2D eigenvalue weighted by Gasteiger charge is -2.06. The van der Waals surface area contributed by atoms with Crippen LogP contribution < -0.4 is 10.1 Å². The second kappa shape index (κ2) is 10.7. The number of ether oxygens (including phenoxy) is 1. The van der Waals surface area contributed by atoms with Crippen molar-refractivity contribution in [2.75, 3.05) is 11.9 Å². The molecule has 0 radical (unpaired) electrons. The number of unbranched alkanes of at least 4 members (excludes halogenated alkanes) is 2. The molecule has 0 bridgehead atoms. The van der Waals surface area contributed by atoms with Crippen molar-refractivity contribution in [2.24, 2.45) is 0 Å². The van der Waals surface area contributed by atoms with E-state index in [0.29, 0.717) is 23.7 Å². The van der Waals surface area contributed by atoms with Gasteiger partial charge in [0.05, 0.1) is 0 Å². The Kier molecular flexibility index (Phi) is 8.21. The second-order valence-electron chi connectivity index (χ2n) is 6.14. The van der Waals surface area contributed by atoms with Gasteiger partial charge in [0.1, 0.15) is 16.5 Å². The van der Waals surface area contributed by atoms with E-state index in [9.17, 15) is 9.59 Å². The van der Waals surface area contributed by atoms with Gasteiger partial charge in [-0.2, -0.15) is 0 Å². The highest BCUT2D eigenvalue weighted by atomic mass is 32.1. The van der Waals surface area contributed by atoms with Crippen molar-refractivity contribution in [1.82, 2.24) is 10.2 Å². The van der Waals surface area contributed by atoms with Crippen molar-refractivity contribution in [1.29, 1.82) is 0 Å². The fourth-order valence-corrected chi connectivity index (χ4v) is 3.11. The molecule has 0 aliphatic rings. The lowest BCUT2D eigenvalue weighted by Crippen LogP contribution is -2.20. The molecule has 0 atom stereocenters. The van der Waals surface area contributed by atoms with Crippen LogP contribution in [0.2, 0.25) is 0 Å².